The van der Waals surface area contributed by atoms with Crippen molar-refractivity contribution in [2.45, 2.75) is 37.8 Å². The molecular weight excluding hydrogens is 338 g/mol. The molecule has 1 fully saturated rings. The molecule has 140 valence electrons. The second-order valence-corrected chi connectivity index (χ2v) is 6.38. The number of benzene rings is 1. The Hall–Kier alpha value is -2.77. The van der Waals surface area contributed by atoms with Crippen LogP contribution in [0.15, 0.2) is 23.3 Å². The predicted molar refractivity (Wildman–Crippen MR) is 95.8 cm³/mol. The number of hydrogen-bond donors (Lipinski definition) is 1. The summed E-state index contributed by atoms with van der Waals surface area (Å²) in [6.07, 6.45) is 4.30. The first kappa shape index (κ1) is 18.0. The number of aromatic nitrogens is 2. The minimum absolute atomic E-state index is 0.000556. The Labute approximate surface area is 151 Å². The molecule has 0 radical (unpaired) electrons. The third-order valence-corrected chi connectivity index (χ3v) is 4.87. The van der Waals surface area contributed by atoms with E-state index in [-0.39, 0.29) is 23.8 Å². The van der Waals surface area contributed by atoms with Gasteiger partial charge in [-0.05, 0) is 31.7 Å². The standard InChI is InChI=1S/C18H23N3O5/c1-21(18(23)25-3)11-4-6-12(7-5-11)26-16-8-13-14(9-15(16)24-2)19-10-20-17(13)22/h8-12H,4-7H2,1-3H3,(H,19,20,22)/t11-,12+. The van der Waals surface area contributed by atoms with Gasteiger partial charge in [0.15, 0.2) is 11.5 Å². The molecule has 2 aromatic rings. The molecule has 1 aromatic heterocycles. The van der Waals surface area contributed by atoms with Crippen LogP contribution in [0, 0.1) is 0 Å². The quantitative estimate of drug-likeness (QED) is 0.898. The third kappa shape index (κ3) is 3.58. The van der Waals surface area contributed by atoms with Crippen LogP contribution in [0.5, 0.6) is 11.5 Å². The van der Waals surface area contributed by atoms with Crippen molar-refractivity contribution in [2.24, 2.45) is 0 Å². The van der Waals surface area contributed by atoms with Gasteiger partial charge in [0.1, 0.15) is 0 Å². The Balaban J connectivity index is 1.73. The molecule has 0 saturated heterocycles. The van der Waals surface area contributed by atoms with Crippen molar-refractivity contribution in [1.29, 1.82) is 0 Å². The number of carbonyl (C=O) groups excluding carboxylic acids is 1. The lowest BCUT2D eigenvalue weighted by Gasteiger charge is -2.34. The first-order chi connectivity index (χ1) is 12.5. The van der Waals surface area contributed by atoms with Gasteiger partial charge in [-0.15, -0.1) is 0 Å². The predicted octanol–water partition coefficient (Wildman–Crippen LogP) is 2.32. The number of carbonyl (C=O) groups is 1. The van der Waals surface area contributed by atoms with Crippen molar-refractivity contribution < 1.29 is 19.0 Å². The Morgan fingerprint density at radius 2 is 1.92 bits per heavy atom. The van der Waals surface area contributed by atoms with Crippen LogP contribution in [0.25, 0.3) is 10.9 Å². The number of H-pyrrole nitrogens is 1. The lowest BCUT2D eigenvalue weighted by atomic mass is 9.92. The number of ether oxygens (including phenoxy) is 3. The molecule has 1 heterocycles. The fourth-order valence-electron chi connectivity index (χ4n) is 3.35. The van der Waals surface area contributed by atoms with Crippen molar-refractivity contribution in [2.75, 3.05) is 21.3 Å². The number of fused-ring (bicyclic) bond motifs is 1. The number of amides is 1. The highest BCUT2D eigenvalue weighted by Crippen LogP contribution is 2.34. The van der Waals surface area contributed by atoms with Crippen molar-refractivity contribution in [1.82, 2.24) is 14.9 Å². The van der Waals surface area contributed by atoms with Crippen LogP contribution in [0.2, 0.25) is 0 Å². The first-order valence-corrected chi connectivity index (χ1v) is 8.56. The van der Waals surface area contributed by atoms with Crippen LogP contribution in [-0.2, 0) is 4.74 Å². The zero-order valence-corrected chi connectivity index (χ0v) is 15.2. The minimum atomic E-state index is -0.322. The van der Waals surface area contributed by atoms with E-state index in [0.717, 1.165) is 25.7 Å². The Morgan fingerprint density at radius 1 is 1.19 bits per heavy atom. The summed E-state index contributed by atoms with van der Waals surface area (Å²) in [4.78, 5) is 32.0. The van der Waals surface area contributed by atoms with Crippen molar-refractivity contribution >= 4 is 17.0 Å². The fraction of sp³-hybridized carbons (Fsp3) is 0.500. The molecule has 1 saturated carbocycles. The molecule has 1 N–H and O–H groups in total. The summed E-state index contributed by atoms with van der Waals surface area (Å²) in [7, 11) is 4.70. The summed E-state index contributed by atoms with van der Waals surface area (Å²) in [6.45, 7) is 0. The van der Waals surface area contributed by atoms with Gasteiger partial charge in [-0.1, -0.05) is 0 Å². The van der Waals surface area contributed by atoms with E-state index in [9.17, 15) is 9.59 Å². The van der Waals surface area contributed by atoms with Gasteiger partial charge in [0.2, 0.25) is 0 Å². The number of nitrogens with one attached hydrogen (secondary N) is 1. The van der Waals surface area contributed by atoms with E-state index in [0.29, 0.717) is 22.4 Å². The van der Waals surface area contributed by atoms with Crippen LogP contribution in [-0.4, -0.2) is 54.4 Å². The van der Waals surface area contributed by atoms with Crippen LogP contribution in [0.1, 0.15) is 25.7 Å². The summed E-state index contributed by atoms with van der Waals surface area (Å²) in [6, 6.07) is 3.52. The van der Waals surface area contributed by atoms with Crippen molar-refractivity contribution in [3.8, 4) is 11.5 Å². The van der Waals surface area contributed by atoms with Crippen LogP contribution in [0.3, 0.4) is 0 Å². The minimum Gasteiger partial charge on any atom is -0.493 e. The average Bonchev–Trinajstić information content (AvgIpc) is 2.67. The Morgan fingerprint density at radius 3 is 2.58 bits per heavy atom. The van der Waals surface area contributed by atoms with Crippen molar-refractivity contribution in [3.05, 3.63) is 28.8 Å². The van der Waals surface area contributed by atoms with Crippen LogP contribution < -0.4 is 15.0 Å². The molecule has 0 aliphatic heterocycles. The van der Waals surface area contributed by atoms with E-state index in [1.807, 2.05) is 0 Å². The van der Waals surface area contributed by atoms with Gasteiger partial charge in [0.25, 0.3) is 5.56 Å². The molecule has 26 heavy (non-hydrogen) atoms. The van der Waals surface area contributed by atoms with E-state index in [1.54, 1.807) is 31.2 Å². The van der Waals surface area contributed by atoms with E-state index in [2.05, 4.69) is 9.97 Å². The summed E-state index contributed by atoms with van der Waals surface area (Å²) in [5.74, 6) is 1.08. The van der Waals surface area contributed by atoms with Gasteiger partial charge in [0.05, 0.1) is 37.6 Å². The summed E-state index contributed by atoms with van der Waals surface area (Å²) in [5.41, 5.74) is 0.340. The normalized spacial score (nSPS) is 19.8. The number of rotatable bonds is 4. The van der Waals surface area contributed by atoms with Gasteiger partial charge in [-0.25, -0.2) is 9.78 Å². The first-order valence-electron chi connectivity index (χ1n) is 8.56. The molecule has 8 heteroatoms. The summed E-state index contributed by atoms with van der Waals surface area (Å²) in [5, 5.41) is 0.461. The van der Waals surface area contributed by atoms with Gasteiger partial charge in [0, 0.05) is 19.2 Å². The zero-order chi connectivity index (χ0) is 18.7. The van der Waals surface area contributed by atoms with Gasteiger partial charge >= 0.3 is 6.09 Å². The van der Waals surface area contributed by atoms with E-state index >= 15 is 0 Å². The van der Waals surface area contributed by atoms with Gasteiger partial charge in [-0.2, -0.15) is 0 Å². The lowest BCUT2D eigenvalue weighted by molar-refractivity contribution is 0.0801. The van der Waals surface area contributed by atoms with Crippen molar-refractivity contribution in [3.63, 3.8) is 0 Å². The molecule has 1 aliphatic rings. The molecule has 0 atom stereocenters. The molecule has 1 aliphatic carbocycles. The van der Waals surface area contributed by atoms with Gasteiger partial charge in [-0.3, -0.25) is 4.79 Å². The maximum Gasteiger partial charge on any atom is 0.409 e. The number of nitrogens with zero attached hydrogens (tertiary/aromatic N) is 2. The monoisotopic (exact) mass is 361 g/mol. The smallest absolute Gasteiger partial charge is 0.409 e. The number of methoxy groups -OCH3 is 2. The summed E-state index contributed by atoms with van der Waals surface area (Å²) < 4.78 is 16.3. The summed E-state index contributed by atoms with van der Waals surface area (Å²) >= 11 is 0. The maximum atomic E-state index is 12.0. The van der Waals surface area contributed by atoms with E-state index in [4.69, 9.17) is 14.2 Å². The van der Waals surface area contributed by atoms with E-state index < -0.39 is 0 Å². The van der Waals surface area contributed by atoms with Crippen LogP contribution >= 0.6 is 0 Å². The van der Waals surface area contributed by atoms with E-state index in [1.165, 1.54) is 13.4 Å². The molecule has 8 nitrogen and oxygen atoms in total. The second-order valence-electron chi connectivity index (χ2n) is 6.38. The SMILES string of the molecule is COC(=O)N(C)[C@H]1CC[C@@H](Oc2cc3c(=O)[nH]cnc3cc2OC)CC1. The van der Waals surface area contributed by atoms with Crippen LogP contribution in [0.4, 0.5) is 4.79 Å². The topological polar surface area (TPSA) is 93.8 Å². The zero-order valence-electron chi connectivity index (χ0n) is 15.2. The molecular formula is C18H23N3O5. The molecule has 0 spiro atoms. The Bertz CT molecular complexity index is 842. The third-order valence-electron chi connectivity index (χ3n) is 4.87. The highest BCUT2D eigenvalue weighted by molar-refractivity contribution is 5.81. The second kappa shape index (κ2) is 7.63. The molecule has 0 bridgehead atoms. The number of aromatic amines is 1. The largest absolute Gasteiger partial charge is 0.493 e. The molecule has 3 rings (SSSR count). The molecule has 1 aromatic carbocycles. The lowest BCUT2D eigenvalue weighted by Crippen LogP contribution is -2.41. The molecule has 0 unspecified atom stereocenters. The highest BCUT2D eigenvalue weighted by atomic mass is 16.5. The fourth-order valence-corrected chi connectivity index (χ4v) is 3.35. The maximum absolute atomic E-state index is 12.0. The molecule has 1 amide bonds. The average molecular weight is 361 g/mol. The van der Waals surface area contributed by atoms with Gasteiger partial charge < -0.3 is 24.1 Å². The highest BCUT2D eigenvalue weighted by Gasteiger charge is 2.28. The number of hydrogen-bond acceptors (Lipinski definition) is 6. The Kier molecular flexibility index (Phi) is 5.29.